The predicted molar refractivity (Wildman–Crippen MR) is 79.1 cm³/mol. The minimum Gasteiger partial charge on any atom is -0.439 e. The highest BCUT2D eigenvalue weighted by Gasteiger charge is 2.47. The lowest BCUT2D eigenvalue weighted by Gasteiger charge is -2.38. The van der Waals surface area contributed by atoms with Crippen LogP contribution in [0.2, 0.25) is 0 Å². The van der Waals surface area contributed by atoms with Crippen molar-refractivity contribution in [3.63, 3.8) is 0 Å². The Bertz CT molecular complexity index is 545. The number of piperidine rings is 1. The molecular weight excluding hydrogens is 284 g/mol. The van der Waals surface area contributed by atoms with Gasteiger partial charge in [0.15, 0.2) is 0 Å². The van der Waals surface area contributed by atoms with Crippen LogP contribution in [-0.4, -0.2) is 63.9 Å². The van der Waals surface area contributed by atoms with Gasteiger partial charge in [0.25, 0.3) is 0 Å². The van der Waals surface area contributed by atoms with E-state index < -0.39 is 5.60 Å². The molecule has 2 aliphatic heterocycles. The number of carbonyl (C=O) groups is 2. The largest absolute Gasteiger partial charge is 0.439 e. The Labute approximate surface area is 129 Å². The van der Waals surface area contributed by atoms with Gasteiger partial charge in [-0.3, -0.25) is 9.48 Å². The molecule has 1 atom stereocenters. The summed E-state index contributed by atoms with van der Waals surface area (Å²) < 4.78 is 7.36. The Hall–Kier alpha value is -2.05. The highest BCUT2D eigenvalue weighted by Crippen LogP contribution is 2.31. The van der Waals surface area contributed by atoms with Gasteiger partial charge in [0.05, 0.1) is 13.1 Å². The van der Waals surface area contributed by atoms with Crippen LogP contribution in [0.25, 0.3) is 0 Å². The van der Waals surface area contributed by atoms with Gasteiger partial charge in [-0.2, -0.15) is 5.10 Å². The monoisotopic (exact) mass is 306 g/mol. The second-order valence-corrected chi connectivity index (χ2v) is 6.20. The van der Waals surface area contributed by atoms with Crippen LogP contribution in [0.3, 0.4) is 0 Å². The van der Waals surface area contributed by atoms with Gasteiger partial charge < -0.3 is 14.5 Å². The number of hydrogen-bond donors (Lipinski definition) is 0. The van der Waals surface area contributed by atoms with Gasteiger partial charge in [-0.05, 0) is 25.3 Å². The van der Waals surface area contributed by atoms with Crippen molar-refractivity contribution in [1.29, 1.82) is 0 Å². The third-order valence-corrected chi connectivity index (χ3v) is 4.37. The van der Waals surface area contributed by atoms with E-state index in [1.54, 1.807) is 18.1 Å². The molecular formula is C15H22N4O3. The quantitative estimate of drug-likeness (QED) is 0.835. The van der Waals surface area contributed by atoms with E-state index in [1.165, 1.54) is 0 Å². The van der Waals surface area contributed by atoms with Crippen LogP contribution in [0.4, 0.5) is 4.79 Å². The smallest absolute Gasteiger partial charge is 0.410 e. The molecule has 0 aliphatic carbocycles. The zero-order chi connectivity index (χ0) is 15.6. The number of amides is 2. The summed E-state index contributed by atoms with van der Waals surface area (Å²) in [5.41, 5.74) is -0.498. The second-order valence-electron chi connectivity index (χ2n) is 6.20. The lowest BCUT2D eigenvalue weighted by molar-refractivity contribution is -0.137. The van der Waals surface area contributed by atoms with Gasteiger partial charge in [0, 0.05) is 39.0 Å². The minimum atomic E-state index is -0.498. The number of rotatable bonds is 4. The summed E-state index contributed by atoms with van der Waals surface area (Å²) in [7, 11) is 1.74. The summed E-state index contributed by atoms with van der Waals surface area (Å²) in [6.07, 6.45) is 6.33. The number of aromatic nitrogens is 2. The Morgan fingerprint density at radius 1 is 1.45 bits per heavy atom. The van der Waals surface area contributed by atoms with Crippen molar-refractivity contribution < 1.29 is 14.3 Å². The Morgan fingerprint density at radius 3 is 3.00 bits per heavy atom. The van der Waals surface area contributed by atoms with Crippen LogP contribution in [0.5, 0.6) is 0 Å². The first kappa shape index (κ1) is 14.9. The Morgan fingerprint density at radius 2 is 2.32 bits per heavy atom. The fourth-order valence-corrected chi connectivity index (χ4v) is 3.30. The SMILES string of the molecule is CN1C[C@]2(CCCN(C(=O)CCCn3cccn3)C2)OC1=O. The number of likely N-dealkylation sites (tertiary alicyclic amines) is 1. The van der Waals surface area contributed by atoms with E-state index in [0.717, 1.165) is 32.4 Å². The van der Waals surface area contributed by atoms with Gasteiger partial charge in [0.2, 0.25) is 5.91 Å². The summed E-state index contributed by atoms with van der Waals surface area (Å²) in [6.45, 7) is 2.59. The predicted octanol–water partition coefficient (Wildman–Crippen LogP) is 1.11. The molecule has 7 heteroatoms. The highest BCUT2D eigenvalue weighted by atomic mass is 16.6. The van der Waals surface area contributed by atoms with Crippen LogP contribution in [0, 0.1) is 0 Å². The van der Waals surface area contributed by atoms with Gasteiger partial charge in [0.1, 0.15) is 5.60 Å². The molecule has 1 spiro atoms. The highest BCUT2D eigenvalue weighted by molar-refractivity contribution is 5.77. The van der Waals surface area contributed by atoms with Crippen molar-refractivity contribution in [3.8, 4) is 0 Å². The van der Waals surface area contributed by atoms with Gasteiger partial charge in [-0.25, -0.2) is 4.79 Å². The van der Waals surface area contributed by atoms with E-state index in [4.69, 9.17) is 4.74 Å². The summed E-state index contributed by atoms with van der Waals surface area (Å²) in [4.78, 5) is 27.4. The molecule has 2 saturated heterocycles. The normalized spacial score (nSPS) is 24.9. The lowest BCUT2D eigenvalue weighted by atomic mass is 9.92. The van der Waals surface area contributed by atoms with E-state index in [1.807, 2.05) is 21.8 Å². The van der Waals surface area contributed by atoms with Crippen molar-refractivity contribution >= 4 is 12.0 Å². The number of hydrogen-bond acceptors (Lipinski definition) is 4. The maximum absolute atomic E-state index is 12.4. The molecule has 0 aromatic carbocycles. The van der Waals surface area contributed by atoms with E-state index in [0.29, 0.717) is 19.5 Å². The van der Waals surface area contributed by atoms with Crippen molar-refractivity contribution in [3.05, 3.63) is 18.5 Å². The van der Waals surface area contributed by atoms with Gasteiger partial charge >= 0.3 is 6.09 Å². The first-order valence-corrected chi connectivity index (χ1v) is 7.77. The zero-order valence-corrected chi connectivity index (χ0v) is 12.9. The average molecular weight is 306 g/mol. The first-order valence-electron chi connectivity index (χ1n) is 7.77. The molecule has 22 heavy (non-hydrogen) atoms. The van der Waals surface area contributed by atoms with E-state index in [9.17, 15) is 9.59 Å². The minimum absolute atomic E-state index is 0.136. The number of carbonyl (C=O) groups excluding carboxylic acids is 2. The third kappa shape index (κ3) is 3.08. The molecule has 1 aromatic rings. The maximum Gasteiger partial charge on any atom is 0.410 e. The summed E-state index contributed by atoms with van der Waals surface area (Å²) in [5.74, 6) is 0.136. The zero-order valence-electron chi connectivity index (χ0n) is 12.9. The molecule has 0 N–H and O–H groups in total. The van der Waals surface area contributed by atoms with Gasteiger partial charge in [-0.1, -0.05) is 0 Å². The van der Waals surface area contributed by atoms with Crippen LogP contribution in [0.1, 0.15) is 25.7 Å². The Kier molecular flexibility index (Phi) is 4.04. The number of nitrogens with zero attached hydrogens (tertiary/aromatic N) is 4. The second kappa shape index (κ2) is 5.98. The molecule has 2 amide bonds. The van der Waals surface area contributed by atoms with E-state index in [2.05, 4.69) is 5.10 Å². The molecule has 3 rings (SSSR count). The van der Waals surface area contributed by atoms with E-state index in [-0.39, 0.29) is 12.0 Å². The molecule has 1 aromatic heterocycles. The van der Waals surface area contributed by atoms with Crippen LogP contribution < -0.4 is 0 Å². The molecule has 0 bridgehead atoms. The molecule has 2 aliphatic rings. The number of ether oxygens (including phenoxy) is 1. The van der Waals surface area contributed by atoms with Crippen molar-refractivity contribution in [1.82, 2.24) is 19.6 Å². The fourth-order valence-electron chi connectivity index (χ4n) is 3.30. The van der Waals surface area contributed by atoms with Crippen LogP contribution in [0.15, 0.2) is 18.5 Å². The molecule has 7 nitrogen and oxygen atoms in total. The van der Waals surface area contributed by atoms with E-state index >= 15 is 0 Å². The van der Waals surface area contributed by atoms with Gasteiger partial charge in [-0.15, -0.1) is 0 Å². The number of likely N-dealkylation sites (N-methyl/N-ethyl adjacent to an activating group) is 1. The first-order chi connectivity index (χ1) is 10.6. The summed E-state index contributed by atoms with van der Waals surface area (Å²) >= 11 is 0. The molecule has 0 radical (unpaired) electrons. The standard InChI is InChI=1S/C15H22N4O3/c1-17-11-15(22-14(17)21)6-3-8-18(12-15)13(20)5-2-9-19-10-4-7-16-19/h4,7,10H,2-3,5-6,8-9,11-12H2,1H3/t15-/m0/s1. The summed E-state index contributed by atoms with van der Waals surface area (Å²) in [5, 5.41) is 4.13. The van der Waals surface area contributed by atoms with Crippen molar-refractivity contribution in [2.24, 2.45) is 0 Å². The van der Waals surface area contributed by atoms with Crippen molar-refractivity contribution in [2.75, 3.05) is 26.7 Å². The van der Waals surface area contributed by atoms with Crippen LogP contribution in [-0.2, 0) is 16.1 Å². The maximum atomic E-state index is 12.4. The fraction of sp³-hybridized carbons (Fsp3) is 0.667. The van der Waals surface area contributed by atoms with Crippen LogP contribution >= 0.6 is 0 Å². The molecule has 2 fully saturated rings. The number of aryl methyl sites for hydroxylation is 1. The Balaban J connectivity index is 1.51. The molecule has 120 valence electrons. The molecule has 0 unspecified atom stereocenters. The molecule has 3 heterocycles. The lowest BCUT2D eigenvalue weighted by Crippen LogP contribution is -2.52. The molecule has 0 saturated carbocycles. The summed E-state index contributed by atoms with van der Waals surface area (Å²) in [6, 6.07) is 1.88. The third-order valence-electron chi connectivity index (χ3n) is 4.37. The topological polar surface area (TPSA) is 67.7 Å². The average Bonchev–Trinajstić information content (AvgIpc) is 3.08. The van der Waals surface area contributed by atoms with Crippen molar-refractivity contribution in [2.45, 2.75) is 37.8 Å².